The number of benzene rings is 1. The molecule has 1 N–H and O–H groups in total. The first-order chi connectivity index (χ1) is 10.3. The van der Waals surface area contributed by atoms with Crippen LogP contribution in [-0.4, -0.2) is 14.2 Å². The highest BCUT2D eigenvalue weighted by atomic mass is 32.1. The Morgan fingerprint density at radius 1 is 1.24 bits per heavy atom. The summed E-state index contributed by atoms with van der Waals surface area (Å²) in [6.45, 7) is 0.792. The molecule has 0 saturated carbocycles. The quantitative estimate of drug-likeness (QED) is 0.908. The molecule has 1 atom stereocenters. The second-order valence-corrected chi connectivity index (χ2v) is 6.30. The summed E-state index contributed by atoms with van der Waals surface area (Å²) in [5, 5.41) is 5.88. The fraction of sp³-hybridized carbons (Fsp3) is 0.412. The van der Waals surface area contributed by atoms with Gasteiger partial charge in [-0.1, -0.05) is 0 Å². The molecule has 0 spiro atoms. The maximum atomic E-state index is 5.45. The van der Waals surface area contributed by atoms with Crippen molar-refractivity contribution in [2.75, 3.05) is 14.2 Å². The number of hydrogen-bond acceptors (Lipinski definition) is 4. The Bertz CT molecular complexity index is 609. The highest BCUT2D eigenvalue weighted by molar-refractivity contribution is 7.10. The second kappa shape index (κ2) is 6.50. The van der Waals surface area contributed by atoms with Crippen LogP contribution >= 0.6 is 11.3 Å². The third kappa shape index (κ3) is 3.06. The number of thiophene rings is 1. The van der Waals surface area contributed by atoms with Gasteiger partial charge in [0.15, 0.2) is 0 Å². The summed E-state index contributed by atoms with van der Waals surface area (Å²) in [6, 6.07) is 8.66. The molecule has 3 nitrogen and oxygen atoms in total. The summed E-state index contributed by atoms with van der Waals surface area (Å²) in [4.78, 5) is 1.54. The van der Waals surface area contributed by atoms with E-state index >= 15 is 0 Å². The van der Waals surface area contributed by atoms with Crippen LogP contribution in [0.25, 0.3) is 0 Å². The molecule has 1 aromatic heterocycles. The number of aryl methyl sites for hydroxylation is 1. The standard InChI is InChI=1S/C17H21NO2S/c1-19-13-6-7-16(20-2)12(10-13)11-18-15-4-3-5-17-14(15)8-9-21-17/h6-10,15,18H,3-5,11H2,1-2H3. The molecule has 0 radical (unpaired) electrons. The summed E-state index contributed by atoms with van der Waals surface area (Å²) in [5.41, 5.74) is 2.62. The number of hydrogen-bond donors (Lipinski definition) is 1. The smallest absolute Gasteiger partial charge is 0.123 e. The lowest BCUT2D eigenvalue weighted by atomic mass is 9.94. The molecular formula is C17H21NO2S. The molecule has 0 amide bonds. The number of methoxy groups -OCH3 is 2. The minimum absolute atomic E-state index is 0.455. The number of rotatable bonds is 5. The molecule has 0 bridgehead atoms. The third-order valence-corrected chi connectivity index (χ3v) is 5.07. The van der Waals surface area contributed by atoms with E-state index in [0.717, 1.165) is 23.6 Å². The van der Waals surface area contributed by atoms with Gasteiger partial charge in [-0.2, -0.15) is 0 Å². The van der Waals surface area contributed by atoms with Crippen LogP contribution in [0.15, 0.2) is 29.6 Å². The highest BCUT2D eigenvalue weighted by Crippen LogP contribution is 2.34. The molecule has 1 aromatic carbocycles. The number of ether oxygens (including phenoxy) is 2. The van der Waals surface area contributed by atoms with Gasteiger partial charge >= 0.3 is 0 Å². The topological polar surface area (TPSA) is 30.5 Å². The molecule has 112 valence electrons. The van der Waals surface area contributed by atoms with E-state index in [1.54, 1.807) is 14.2 Å². The Balaban J connectivity index is 1.74. The first-order valence-corrected chi connectivity index (χ1v) is 8.20. The van der Waals surface area contributed by atoms with Crippen molar-refractivity contribution >= 4 is 11.3 Å². The molecular weight excluding hydrogens is 282 g/mol. The lowest BCUT2D eigenvalue weighted by Gasteiger charge is -2.24. The predicted molar refractivity (Wildman–Crippen MR) is 86.4 cm³/mol. The molecule has 3 rings (SSSR count). The molecule has 1 aliphatic rings. The van der Waals surface area contributed by atoms with E-state index in [0.29, 0.717) is 6.04 Å². The maximum absolute atomic E-state index is 5.45. The van der Waals surface area contributed by atoms with Crippen molar-refractivity contribution in [3.8, 4) is 11.5 Å². The van der Waals surface area contributed by atoms with Crippen LogP contribution in [0.2, 0.25) is 0 Å². The van der Waals surface area contributed by atoms with Crippen LogP contribution in [0.4, 0.5) is 0 Å². The van der Waals surface area contributed by atoms with Gasteiger partial charge in [0, 0.05) is 23.0 Å². The minimum Gasteiger partial charge on any atom is -0.497 e. The van der Waals surface area contributed by atoms with Crippen molar-refractivity contribution in [1.82, 2.24) is 5.32 Å². The maximum Gasteiger partial charge on any atom is 0.123 e. The van der Waals surface area contributed by atoms with Gasteiger partial charge in [0.1, 0.15) is 11.5 Å². The third-order valence-electron chi connectivity index (χ3n) is 4.08. The fourth-order valence-electron chi connectivity index (χ4n) is 2.95. The van der Waals surface area contributed by atoms with Crippen LogP contribution in [-0.2, 0) is 13.0 Å². The van der Waals surface area contributed by atoms with Crippen molar-refractivity contribution in [3.05, 3.63) is 45.6 Å². The summed E-state index contributed by atoms with van der Waals surface area (Å²) in [5.74, 6) is 1.78. The average Bonchev–Trinajstić information content (AvgIpc) is 3.01. The Hall–Kier alpha value is -1.52. The van der Waals surface area contributed by atoms with E-state index in [-0.39, 0.29) is 0 Å². The van der Waals surface area contributed by atoms with E-state index in [4.69, 9.17) is 9.47 Å². The van der Waals surface area contributed by atoms with Gasteiger partial charge in [-0.3, -0.25) is 0 Å². The van der Waals surface area contributed by atoms with Gasteiger partial charge < -0.3 is 14.8 Å². The SMILES string of the molecule is COc1ccc(OC)c(CNC2CCCc3sccc32)c1. The van der Waals surface area contributed by atoms with Crippen molar-refractivity contribution in [2.45, 2.75) is 31.8 Å². The van der Waals surface area contributed by atoms with Crippen LogP contribution in [0.5, 0.6) is 11.5 Å². The normalized spacial score (nSPS) is 17.3. The molecule has 0 saturated heterocycles. The summed E-state index contributed by atoms with van der Waals surface area (Å²) < 4.78 is 10.8. The molecule has 4 heteroatoms. The van der Waals surface area contributed by atoms with Crippen LogP contribution < -0.4 is 14.8 Å². The van der Waals surface area contributed by atoms with Gasteiger partial charge in [0.05, 0.1) is 14.2 Å². The van der Waals surface area contributed by atoms with Crippen molar-refractivity contribution in [2.24, 2.45) is 0 Å². The van der Waals surface area contributed by atoms with Crippen LogP contribution in [0, 0.1) is 0 Å². The predicted octanol–water partition coefficient (Wildman–Crippen LogP) is 3.93. The second-order valence-electron chi connectivity index (χ2n) is 5.30. The largest absolute Gasteiger partial charge is 0.497 e. The zero-order valence-corrected chi connectivity index (χ0v) is 13.3. The van der Waals surface area contributed by atoms with Gasteiger partial charge in [0.2, 0.25) is 0 Å². The highest BCUT2D eigenvalue weighted by Gasteiger charge is 2.21. The summed E-state index contributed by atoms with van der Waals surface area (Å²) in [7, 11) is 3.40. The van der Waals surface area contributed by atoms with Crippen molar-refractivity contribution in [3.63, 3.8) is 0 Å². The lowest BCUT2D eigenvalue weighted by Crippen LogP contribution is -2.24. The average molecular weight is 303 g/mol. The lowest BCUT2D eigenvalue weighted by molar-refractivity contribution is 0.392. The Morgan fingerprint density at radius 2 is 2.14 bits per heavy atom. The monoisotopic (exact) mass is 303 g/mol. The van der Waals surface area contributed by atoms with Gasteiger partial charge in [0.25, 0.3) is 0 Å². The molecule has 0 aliphatic heterocycles. The molecule has 21 heavy (non-hydrogen) atoms. The first-order valence-electron chi connectivity index (χ1n) is 7.32. The van der Waals surface area contributed by atoms with E-state index < -0.39 is 0 Å². The van der Waals surface area contributed by atoms with E-state index in [1.807, 2.05) is 29.5 Å². The van der Waals surface area contributed by atoms with E-state index in [1.165, 1.54) is 29.7 Å². The van der Waals surface area contributed by atoms with Crippen LogP contribution in [0.1, 0.15) is 34.9 Å². The van der Waals surface area contributed by atoms with Crippen molar-refractivity contribution < 1.29 is 9.47 Å². The van der Waals surface area contributed by atoms with Gasteiger partial charge in [-0.15, -0.1) is 11.3 Å². The minimum atomic E-state index is 0.455. The molecule has 1 unspecified atom stereocenters. The number of nitrogens with one attached hydrogen (secondary N) is 1. The van der Waals surface area contributed by atoms with Crippen molar-refractivity contribution in [1.29, 1.82) is 0 Å². The molecule has 0 fully saturated rings. The molecule has 1 heterocycles. The van der Waals surface area contributed by atoms with Crippen LogP contribution in [0.3, 0.4) is 0 Å². The Kier molecular flexibility index (Phi) is 4.46. The van der Waals surface area contributed by atoms with E-state index in [2.05, 4.69) is 16.8 Å². The zero-order valence-electron chi connectivity index (χ0n) is 12.5. The molecule has 2 aromatic rings. The van der Waals surface area contributed by atoms with Gasteiger partial charge in [-0.05, 0) is 54.5 Å². The Labute approximate surface area is 129 Å². The number of fused-ring (bicyclic) bond motifs is 1. The summed E-state index contributed by atoms with van der Waals surface area (Å²) in [6.07, 6.45) is 3.70. The van der Waals surface area contributed by atoms with E-state index in [9.17, 15) is 0 Å². The first kappa shape index (κ1) is 14.4. The fourth-order valence-corrected chi connectivity index (χ4v) is 3.94. The summed E-state index contributed by atoms with van der Waals surface area (Å²) >= 11 is 1.88. The zero-order chi connectivity index (χ0) is 14.7. The Morgan fingerprint density at radius 3 is 2.95 bits per heavy atom. The molecule has 1 aliphatic carbocycles. The van der Waals surface area contributed by atoms with Gasteiger partial charge in [-0.25, -0.2) is 0 Å².